The van der Waals surface area contributed by atoms with Gasteiger partial charge in [-0.05, 0) is 37.6 Å². The fraction of sp³-hybridized carbons (Fsp3) is 0.125. The Labute approximate surface area is 116 Å². The lowest BCUT2D eigenvalue weighted by Gasteiger charge is -2.05. The Bertz CT molecular complexity index is 775. The Kier molecular flexibility index (Phi) is 2.99. The van der Waals surface area contributed by atoms with Crippen LogP contribution >= 0.6 is 0 Å². The van der Waals surface area contributed by atoms with Gasteiger partial charge in [-0.15, -0.1) is 0 Å². The summed E-state index contributed by atoms with van der Waals surface area (Å²) in [6, 6.07) is 9.36. The lowest BCUT2D eigenvalue weighted by atomic mass is 10.1. The van der Waals surface area contributed by atoms with Crippen LogP contribution in [0, 0.1) is 13.8 Å². The predicted molar refractivity (Wildman–Crippen MR) is 80.0 cm³/mol. The highest BCUT2D eigenvalue weighted by molar-refractivity contribution is 6.12. The fourth-order valence-corrected chi connectivity index (χ4v) is 2.31. The number of rotatable bonds is 2. The van der Waals surface area contributed by atoms with E-state index >= 15 is 0 Å². The van der Waals surface area contributed by atoms with Crippen molar-refractivity contribution in [1.82, 2.24) is 9.97 Å². The number of aryl methyl sites for hydroxylation is 2. The van der Waals surface area contributed by atoms with Crippen molar-refractivity contribution >= 4 is 22.5 Å². The minimum absolute atomic E-state index is 0.134. The molecule has 3 aromatic rings. The van der Waals surface area contributed by atoms with Gasteiger partial charge in [-0.25, -0.2) is 0 Å². The second-order valence-electron chi connectivity index (χ2n) is 4.80. The van der Waals surface area contributed by atoms with E-state index in [4.69, 9.17) is 0 Å². The maximum absolute atomic E-state index is 12.4. The third kappa shape index (κ3) is 2.05. The van der Waals surface area contributed by atoms with Crippen LogP contribution in [-0.2, 0) is 0 Å². The molecule has 2 heterocycles. The van der Waals surface area contributed by atoms with Gasteiger partial charge in [0.25, 0.3) is 5.91 Å². The number of benzene rings is 1. The minimum atomic E-state index is -0.134. The van der Waals surface area contributed by atoms with Gasteiger partial charge in [-0.3, -0.25) is 9.78 Å². The number of fused-ring (bicyclic) bond motifs is 1. The van der Waals surface area contributed by atoms with E-state index in [0.717, 1.165) is 16.6 Å². The third-order valence-electron chi connectivity index (χ3n) is 3.51. The molecule has 0 spiro atoms. The highest BCUT2D eigenvalue weighted by Crippen LogP contribution is 2.24. The zero-order valence-electron chi connectivity index (χ0n) is 11.4. The summed E-state index contributed by atoms with van der Waals surface area (Å²) in [6.45, 7) is 4.06. The van der Waals surface area contributed by atoms with E-state index in [2.05, 4.69) is 22.2 Å². The Morgan fingerprint density at radius 2 is 2.05 bits per heavy atom. The lowest BCUT2D eigenvalue weighted by molar-refractivity contribution is 0.102. The van der Waals surface area contributed by atoms with E-state index in [0.29, 0.717) is 11.3 Å². The topological polar surface area (TPSA) is 57.8 Å². The number of carbonyl (C=O) groups excluding carboxylic acids is 1. The average molecular weight is 265 g/mol. The Morgan fingerprint density at radius 3 is 2.80 bits per heavy atom. The van der Waals surface area contributed by atoms with E-state index in [-0.39, 0.29) is 5.91 Å². The number of pyridine rings is 1. The summed E-state index contributed by atoms with van der Waals surface area (Å²) in [5, 5.41) is 3.94. The largest absolute Gasteiger partial charge is 0.358 e. The Morgan fingerprint density at radius 1 is 1.20 bits per heavy atom. The number of anilines is 1. The zero-order chi connectivity index (χ0) is 14.1. The highest BCUT2D eigenvalue weighted by atomic mass is 16.1. The number of carbonyl (C=O) groups is 1. The normalized spacial score (nSPS) is 10.7. The van der Waals surface area contributed by atoms with Gasteiger partial charge in [0.05, 0.1) is 23.0 Å². The number of hydrogen-bond donors (Lipinski definition) is 2. The van der Waals surface area contributed by atoms with Crippen molar-refractivity contribution < 1.29 is 4.79 Å². The van der Waals surface area contributed by atoms with E-state index in [9.17, 15) is 4.79 Å². The summed E-state index contributed by atoms with van der Waals surface area (Å²) < 4.78 is 0. The molecule has 1 amide bonds. The second-order valence-corrected chi connectivity index (χ2v) is 4.80. The predicted octanol–water partition coefficient (Wildman–Crippen LogP) is 3.43. The standard InChI is InChI=1S/C16H15N3O/c1-10-11(2)18-15-13(10)6-3-7-14(15)16(20)19-12-5-4-8-17-9-12/h3-9,18H,1-2H3,(H,19,20). The van der Waals surface area contributed by atoms with Gasteiger partial charge in [0.2, 0.25) is 0 Å². The van der Waals surface area contributed by atoms with Gasteiger partial charge in [-0.2, -0.15) is 0 Å². The molecule has 0 atom stereocenters. The van der Waals surface area contributed by atoms with Gasteiger partial charge < -0.3 is 10.3 Å². The highest BCUT2D eigenvalue weighted by Gasteiger charge is 2.13. The molecule has 1 aromatic carbocycles. The first kappa shape index (κ1) is 12.4. The summed E-state index contributed by atoms with van der Waals surface area (Å²) in [4.78, 5) is 19.7. The SMILES string of the molecule is Cc1[nH]c2c(C(=O)Nc3cccnc3)cccc2c1C. The van der Waals surface area contributed by atoms with Crippen LogP contribution in [0.4, 0.5) is 5.69 Å². The van der Waals surface area contributed by atoms with Gasteiger partial charge in [0, 0.05) is 17.3 Å². The molecule has 100 valence electrons. The van der Waals surface area contributed by atoms with E-state index in [1.807, 2.05) is 31.2 Å². The van der Waals surface area contributed by atoms with Crippen LogP contribution in [0.2, 0.25) is 0 Å². The van der Waals surface area contributed by atoms with E-state index in [1.165, 1.54) is 5.56 Å². The summed E-state index contributed by atoms with van der Waals surface area (Å²) in [5.41, 5.74) is 4.47. The summed E-state index contributed by atoms with van der Waals surface area (Å²) >= 11 is 0. The quantitative estimate of drug-likeness (QED) is 0.745. The van der Waals surface area contributed by atoms with Crippen molar-refractivity contribution in [2.45, 2.75) is 13.8 Å². The van der Waals surface area contributed by atoms with Crippen LogP contribution in [0.1, 0.15) is 21.6 Å². The van der Waals surface area contributed by atoms with Crippen LogP contribution in [0.3, 0.4) is 0 Å². The van der Waals surface area contributed by atoms with Crippen molar-refractivity contribution in [2.24, 2.45) is 0 Å². The molecule has 2 N–H and O–H groups in total. The smallest absolute Gasteiger partial charge is 0.257 e. The summed E-state index contributed by atoms with van der Waals surface area (Å²) in [7, 11) is 0. The monoisotopic (exact) mass is 265 g/mol. The maximum Gasteiger partial charge on any atom is 0.257 e. The van der Waals surface area contributed by atoms with Gasteiger partial charge in [0.1, 0.15) is 0 Å². The fourth-order valence-electron chi connectivity index (χ4n) is 2.31. The first-order chi connectivity index (χ1) is 9.66. The molecule has 0 aliphatic rings. The van der Waals surface area contributed by atoms with E-state index < -0.39 is 0 Å². The zero-order valence-corrected chi connectivity index (χ0v) is 11.4. The van der Waals surface area contributed by atoms with Crippen molar-refractivity contribution in [3.8, 4) is 0 Å². The third-order valence-corrected chi connectivity index (χ3v) is 3.51. The van der Waals surface area contributed by atoms with Gasteiger partial charge in [0.15, 0.2) is 0 Å². The molecular formula is C16H15N3O. The molecule has 20 heavy (non-hydrogen) atoms. The Balaban J connectivity index is 2.02. The molecule has 0 radical (unpaired) electrons. The van der Waals surface area contributed by atoms with Crippen molar-refractivity contribution in [3.63, 3.8) is 0 Å². The number of amides is 1. The number of nitrogens with one attached hydrogen (secondary N) is 2. The van der Waals surface area contributed by atoms with Crippen LogP contribution in [0.15, 0.2) is 42.7 Å². The van der Waals surface area contributed by atoms with E-state index in [1.54, 1.807) is 18.5 Å². The molecule has 0 aliphatic carbocycles. The maximum atomic E-state index is 12.4. The average Bonchev–Trinajstić information content (AvgIpc) is 2.75. The van der Waals surface area contributed by atoms with Crippen molar-refractivity contribution in [3.05, 3.63) is 59.5 Å². The molecule has 0 saturated heterocycles. The number of H-pyrrole nitrogens is 1. The van der Waals surface area contributed by atoms with Crippen molar-refractivity contribution in [2.75, 3.05) is 5.32 Å². The van der Waals surface area contributed by atoms with Gasteiger partial charge >= 0.3 is 0 Å². The molecule has 0 unspecified atom stereocenters. The van der Waals surface area contributed by atoms with Crippen LogP contribution < -0.4 is 5.32 Å². The van der Waals surface area contributed by atoms with Gasteiger partial charge in [-0.1, -0.05) is 12.1 Å². The van der Waals surface area contributed by atoms with Crippen LogP contribution in [0.5, 0.6) is 0 Å². The number of para-hydroxylation sites is 1. The van der Waals surface area contributed by atoms with Crippen LogP contribution in [0.25, 0.3) is 10.9 Å². The number of nitrogens with zero attached hydrogens (tertiary/aromatic N) is 1. The molecule has 4 nitrogen and oxygen atoms in total. The lowest BCUT2D eigenvalue weighted by Crippen LogP contribution is -2.12. The molecule has 0 bridgehead atoms. The van der Waals surface area contributed by atoms with Crippen LogP contribution in [-0.4, -0.2) is 15.9 Å². The van der Waals surface area contributed by atoms with Crippen molar-refractivity contribution in [1.29, 1.82) is 0 Å². The molecule has 4 heteroatoms. The first-order valence-corrected chi connectivity index (χ1v) is 6.46. The Hall–Kier alpha value is -2.62. The second kappa shape index (κ2) is 4.81. The first-order valence-electron chi connectivity index (χ1n) is 6.46. The number of hydrogen-bond acceptors (Lipinski definition) is 2. The molecular weight excluding hydrogens is 250 g/mol. The molecule has 2 aromatic heterocycles. The minimum Gasteiger partial charge on any atom is -0.358 e. The molecule has 0 aliphatic heterocycles. The summed E-state index contributed by atoms with van der Waals surface area (Å²) in [6.07, 6.45) is 3.30. The molecule has 3 rings (SSSR count). The number of aromatic amines is 1. The molecule has 0 fully saturated rings. The summed E-state index contributed by atoms with van der Waals surface area (Å²) in [5.74, 6) is -0.134. The molecule has 0 saturated carbocycles. The number of aromatic nitrogens is 2.